The average Bonchev–Trinajstić information content (AvgIpc) is 2.75. The maximum absolute atomic E-state index is 13.1. The van der Waals surface area contributed by atoms with Crippen molar-refractivity contribution in [1.29, 1.82) is 0 Å². The van der Waals surface area contributed by atoms with E-state index in [2.05, 4.69) is 10.4 Å². The van der Waals surface area contributed by atoms with Crippen molar-refractivity contribution in [3.63, 3.8) is 0 Å². The molecule has 0 aliphatic rings. The van der Waals surface area contributed by atoms with Gasteiger partial charge in [0.05, 0.1) is 12.7 Å². The van der Waals surface area contributed by atoms with Crippen LogP contribution >= 0.6 is 0 Å². The Labute approximate surface area is 107 Å². The lowest BCUT2D eigenvalue weighted by Gasteiger charge is -2.08. The average molecular weight is 247 g/mol. The van der Waals surface area contributed by atoms with Crippen molar-refractivity contribution < 1.29 is 4.39 Å². The third kappa shape index (κ3) is 3.40. The van der Waals surface area contributed by atoms with E-state index in [1.165, 1.54) is 6.07 Å². The smallest absolute Gasteiger partial charge is 0.123 e. The van der Waals surface area contributed by atoms with E-state index in [1.807, 2.05) is 37.0 Å². The van der Waals surface area contributed by atoms with E-state index in [1.54, 1.807) is 6.07 Å². The molecule has 1 heterocycles. The molecule has 1 aromatic heterocycles. The molecular formula is C14H18FN3. The van der Waals surface area contributed by atoms with Crippen LogP contribution in [0, 0.1) is 19.7 Å². The van der Waals surface area contributed by atoms with Gasteiger partial charge in [0.25, 0.3) is 0 Å². The lowest BCUT2D eigenvalue weighted by Crippen LogP contribution is -2.20. The Morgan fingerprint density at radius 1 is 1.33 bits per heavy atom. The summed E-state index contributed by atoms with van der Waals surface area (Å²) in [6, 6.07) is 4.88. The predicted molar refractivity (Wildman–Crippen MR) is 69.8 cm³/mol. The molecule has 0 atom stereocenters. The molecule has 18 heavy (non-hydrogen) atoms. The van der Waals surface area contributed by atoms with Crippen LogP contribution in [0.25, 0.3) is 0 Å². The first-order chi connectivity index (χ1) is 8.65. The van der Waals surface area contributed by atoms with Crippen molar-refractivity contribution >= 4 is 0 Å². The van der Waals surface area contributed by atoms with E-state index in [9.17, 15) is 4.39 Å². The van der Waals surface area contributed by atoms with Gasteiger partial charge in [0.1, 0.15) is 5.82 Å². The second-order valence-electron chi connectivity index (χ2n) is 4.53. The summed E-state index contributed by atoms with van der Waals surface area (Å²) in [4.78, 5) is 0. The molecule has 0 fully saturated rings. The summed E-state index contributed by atoms with van der Waals surface area (Å²) in [6.07, 6.45) is 3.85. The third-order valence-electron chi connectivity index (χ3n) is 2.91. The van der Waals surface area contributed by atoms with Gasteiger partial charge in [0, 0.05) is 19.3 Å². The van der Waals surface area contributed by atoms with Gasteiger partial charge in [-0.05, 0) is 42.7 Å². The van der Waals surface area contributed by atoms with Gasteiger partial charge in [0.15, 0.2) is 0 Å². The standard InChI is InChI=1S/C14H18FN3/c1-11-8-17-18(10-11)6-5-16-9-13-7-14(15)4-3-12(13)2/h3-4,7-8,10,16H,5-6,9H2,1-2H3. The monoisotopic (exact) mass is 247 g/mol. The van der Waals surface area contributed by atoms with Gasteiger partial charge in [-0.2, -0.15) is 5.10 Å². The van der Waals surface area contributed by atoms with Crippen molar-refractivity contribution in [3.05, 3.63) is 53.1 Å². The van der Waals surface area contributed by atoms with Crippen molar-refractivity contribution in [2.45, 2.75) is 26.9 Å². The molecule has 0 unspecified atom stereocenters. The Morgan fingerprint density at radius 2 is 2.17 bits per heavy atom. The van der Waals surface area contributed by atoms with Gasteiger partial charge in [-0.1, -0.05) is 6.07 Å². The van der Waals surface area contributed by atoms with Crippen LogP contribution in [0.15, 0.2) is 30.6 Å². The van der Waals surface area contributed by atoms with E-state index >= 15 is 0 Å². The van der Waals surface area contributed by atoms with Crippen LogP contribution < -0.4 is 5.32 Å². The van der Waals surface area contributed by atoms with Gasteiger partial charge >= 0.3 is 0 Å². The van der Waals surface area contributed by atoms with Gasteiger partial charge in [-0.15, -0.1) is 0 Å². The van der Waals surface area contributed by atoms with Crippen LogP contribution in [-0.4, -0.2) is 16.3 Å². The molecule has 3 nitrogen and oxygen atoms in total. The number of rotatable bonds is 5. The van der Waals surface area contributed by atoms with E-state index in [4.69, 9.17) is 0 Å². The van der Waals surface area contributed by atoms with Gasteiger partial charge in [-0.3, -0.25) is 4.68 Å². The minimum Gasteiger partial charge on any atom is -0.311 e. The normalized spacial score (nSPS) is 10.8. The second kappa shape index (κ2) is 5.78. The molecule has 96 valence electrons. The Hall–Kier alpha value is -1.68. The zero-order valence-corrected chi connectivity index (χ0v) is 10.8. The second-order valence-corrected chi connectivity index (χ2v) is 4.53. The third-order valence-corrected chi connectivity index (χ3v) is 2.91. The van der Waals surface area contributed by atoms with E-state index < -0.39 is 0 Å². The quantitative estimate of drug-likeness (QED) is 0.822. The van der Waals surface area contributed by atoms with Crippen molar-refractivity contribution in [2.24, 2.45) is 0 Å². The fourth-order valence-electron chi connectivity index (χ4n) is 1.84. The van der Waals surface area contributed by atoms with Crippen LogP contribution in [0.5, 0.6) is 0 Å². The van der Waals surface area contributed by atoms with Gasteiger partial charge < -0.3 is 5.32 Å². The molecule has 4 heteroatoms. The summed E-state index contributed by atoms with van der Waals surface area (Å²) in [5.41, 5.74) is 3.28. The maximum atomic E-state index is 13.1. The predicted octanol–water partition coefficient (Wildman–Crippen LogP) is 2.43. The fourth-order valence-corrected chi connectivity index (χ4v) is 1.84. The van der Waals surface area contributed by atoms with Gasteiger partial charge in [-0.25, -0.2) is 4.39 Å². The first-order valence-electron chi connectivity index (χ1n) is 6.10. The first kappa shape index (κ1) is 12.8. The number of hydrogen-bond acceptors (Lipinski definition) is 2. The fraction of sp³-hybridized carbons (Fsp3) is 0.357. The van der Waals surface area contributed by atoms with Crippen LogP contribution in [0.4, 0.5) is 4.39 Å². The Bertz CT molecular complexity index is 520. The first-order valence-corrected chi connectivity index (χ1v) is 6.10. The highest BCUT2D eigenvalue weighted by Gasteiger charge is 2.00. The van der Waals surface area contributed by atoms with Crippen LogP contribution in [0.1, 0.15) is 16.7 Å². The Morgan fingerprint density at radius 3 is 2.89 bits per heavy atom. The number of nitrogens with one attached hydrogen (secondary N) is 1. The Balaban J connectivity index is 1.80. The molecule has 0 bridgehead atoms. The number of aromatic nitrogens is 2. The summed E-state index contributed by atoms with van der Waals surface area (Å²) in [5, 5.41) is 7.51. The number of halogens is 1. The summed E-state index contributed by atoms with van der Waals surface area (Å²) in [7, 11) is 0. The number of nitrogens with zero attached hydrogens (tertiary/aromatic N) is 2. The molecule has 1 N–H and O–H groups in total. The summed E-state index contributed by atoms with van der Waals surface area (Å²) in [6.45, 7) is 6.34. The molecule has 2 aromatic rings. The lowest BCUT2D eigenvalue weighted by atomic mass is 10.1. The molecule has 1 aromatic carbocycles. The topological polar surface area (TPSA) is 29.9 Å². The number of aryl methyl sites for hydroxylation is 2. The highest BCUT2D eigenvalue weighted by molar-refractivity contribution is 5.26. The maximum Gasteiger partial charge on any atom is 0.123 e. The highest BCUT2D eigenvalue weighted by atomic mass is 19.1. The zero-order chi connectivity index (χ0) is 13.0. The summed E-state index contributed by atoms with van der Waals surface area (Å²) in [5.74, 6) is -0.180. The lowest BCUT2D eigenvalue weighted by molar-refractivity contribution is 0.552. The molecular weight excluding hydrogens is 229 g/mol. The van der Waals surface area contributed by atoms with Crippen molar-refractivity contribution in [3.8, 4) is 0 Å². The number of benzene rings is 1. The van der Waals surface area contributed by atoms with E-state index in [-0.39, 0.29) is 5.82 Å². The molecule has 0 aliphatic carbocycles. The molecule has 0 amide bonds. The van der Waals surface area contributed by atoms with Crippen LogP contribution in [0.2, 0.25) is 0 Å². The highest BCUT2D eigenvalue weighted by Crippen LogP contribution is 2.09. The van der Waals surface area contributed by atoms with Crippen LogP contribution in [-0.2, 0) is 13.1 Å². The van der Waals surface area contributed by atoms with Crippen LogP contribution in [0.3, 0.4) is 0 Å². The molecule has 0 saturated carbocycles. The van der Waals surface area contributed by atoms with E-state index in [0.29, 0.717) is 6.54 Å². The molecule has 0 saturated heterocycles. The molecule has 0 radical (unpaired) electrons. The largest absolute Gasteiger partial charge is 0.311 e. The van der Waals surface area contributed by atoms with Gasteiger partial charge in [0.2, 0.25) is 0 Å². The Kier molecular flexibility index (Phi) is 4.10. The minimum atomic E-state index is -0.180. The SMILES string of the molecule is Cc1cnn(CCNCc2cc(F)ccc2C)c1. The molecule has 0 aliphatic heterocycles. The van der Waals surface area contributed by atoms with Crippen molar-refractivity contribution in [2.75, 3.05) is 6.54 Å². The summed E-state index contributed by atoms with van der Waals surface area (Å²) < 4.78 is 15.0. The van der Waals surface area contributed by atoms with Crippen molar-refractivity contribution in [1.82, 2.24) is 15.1 Å². The molecule has 2 rings (SSSR count). The minimum absolute atomic E-state index is 0.180. The molecule has 0 spiro atoms. The van der Waals surface area contributed by atoms with E-state index in [0.717, 1.165) is 29.8 Å². The number of hydrogen-bond donors (Lipinski definition) is 1. The summed E-state index contributed by atoms with van der Waals surface area (Å²) >= 11 is 0. The zero-order valence-electron chi connectivity index (χ0n) is 10.8.